The SMILES string of the molecule is CSCCC(NC(=O)OC(C)(C)C)C(=O)N(C(C)C)C(C(=O)Nc1c(C)cccc1C)c1ccccc1C. The van der Waals surface area contributed by atoms with Gasteiger partial charge in [-0.25, -0.2) is 4.79 Å². The van der Waals surface area contributed by atoms with Crippen LogP contribution in [0.1, 0.15) is 69.3 Å². The Hall–Kier alpha value is -3.00. The van der Waals surface area contributed by atoms with Crippen molar-refractivity contribution >= 4 is 35.4 Å². The molecule has 0 aliphatic rings. The minimum atomic E-state index is -0.903. The molecule has 208 valence electrons. The molecule has 2 rings (SSSR count). The summed E-state index contributed by atoms with van der Waals surface area (Å²) >= 11 is 1.58. The highest BCUT2D eigenvalue weighted by atomic mass is 32.2. The molecule has 2 N–H and O–H groups in total. The average molecular weight is 542 g/mol. The summed E-state index contributed by atoms with van der Waals surface area (Å²) in [5, 5.41) is 5.87. The number of benzene rings is 2. The number of nitrogens with one attached hydrogen (secondary N) is 2. The second-order valence-electron chi connectivity index (χ2n) is 10.8. The van der Waals surface area contributed by atoms with Gasteiger partial charge in [-0.1, -0.05) is 42.5 Å². The highest BCUT2D eigenvalue weighted by Gasteiger charge is 2.38. The molecule has 2 aromatic carbocycles. The van der Waals surface area contributed by atoms with E-state index in [-0.39, 0.29) is 17.9 Å². The van der Waals surface area contributed by atoms with Gasteiger partial charge in [-0.05, 0) is 96.1 Å². The van der Waals surface area contributed by atoms with Crippen LogP contribution in [0.3, 0.4) is 0 Å². The Morgan fingerprint density at radius 2 is 1.53 bits per heavy atom. The van der Waals surface area contributed by atoms with Crippen molar-refractivity contribution < 1.29 is 19.1 Å². The first-order valence-corrected chi connectivity index (χ1v) is 14.4. The number of hydrogen-bond donors (Lipinski definition) is 2. The predicted molar refractivity (Wildman–Crippen MR) is 157 cm³/mol. The van der Waals surface area contributed by atoms with Crippen LogP contribution in [0.15, 0.2) is 42.5 Å². The van der Waals surface area contributed by atoms with Gasteiger partial charge in [-0.15, -0.1) is 0 Å². The van der Waals surface area contributed by atoms with E-state index in [9.17, 15) is 14.4 Å². The fourth-order valence-electron chi connectivity index (χ4n) is 4.32. The Labute approximate surface area is 232 Å². The molecule has 3 amide bonds. The molecular weight excluding hydrogens is 498 g/mol. The number of amides is 3. The van der Waals surface area contributed by atoms with E-state index in [0.717, 1.165) is 27.9 Å². The molecule has 0 saturated heterocycles. The summed E-state index contributed by atoms with van der Waals surface area (Å²) < 4.78 is 5.45. The first-order valence-electron chi connectivity index (χ1n) is 13.0. The van der Waals surface area contributed by atoms with Gasteiger partial charge >= 0.3 is 6.09 Å². The van der Waals surface area contributed by atoms with Gasteiger partial charge in [-0.2, -0.15) is 11.8 Å². The van der Waals surface area contributed by atoms with Crippen molar-refractivity contribution in [1.82, 2.24) is 10.2 Å². The van der Waals surface area contributed by atoms with Crippen LogP contribution < -0.4 is 10.6 Å². The number of aryl methyl sites for hydroxylation is 3. The number of thioether (sulfide) groups is 1. The maximum absolute atomic E-state index is 14.2. The number of para-hydroxylation sites is 1. The number of rotatable bonds is 10. The minimum absolute atomic E-state index is 0.306. The summed E-state index contributed by atoms with van der Waals surface area (Å²) in [7, 11) is 0. The molecule has 38 heavy (non-hydrogen) atoms. The molecular formula is C30H43N3O4S. The van der Waals surface area contributed by atoms with Crippen LogP contribution in [0.25, 0.3) is 0 Å². The zero-order chi connectivity index (χ0) is 28.6. The number of ether oxygens (including phenoxy) is 1. The summed E-state index contributed by atoms with van der Waals surface area (Å²) in [6.07, 6.45) is 1.69. The van der Waals surface area contributed by atoms with Gasteiger partial charge in [0.25, 0.3) is 5.91 Å². The van der Waals surface area contributed by atoms with E-state index in [0.29, 0.717) is 12.2 Å². The molecule has 0 fully saturated rings. The van der Waals surface area contributed by atoms with Crippen molar-refractivity contribution in [3.8, 4) is 0 Å². The van der Waals surface area contributed by atoms with Gasteiger partial charge in [0, 0.05) is 11.7 Å². The zero-order valence-electron chi connectivity index (χ0n) is 24.2. The number of alkyl carbamates (subject to hydrolysis) is 1. The molecule has 8 heteroatoms. The van der Waals surface area contributed by atoms with Crippen LogP contribution in [0.4, 0.5) is 10.5 Å². The first-order chi connectivity index (χ1) is 17.8. The van der Waals surface area contributed by atoms with E-state index in [4.69, 9.17) is 4.74 Å². The van der Waals surface area contributed by atoms with Crippen LogP contribution in [0.5, 0.6) is 0 Å². The van der Waals surface area contributed by atoms with Crippen molar-refractivity contribution in [2.24, 2.45) is 0 Å². The Balaban J connectivity index is 2.55. The van der Waals surface area contributed by atoms with E-state index < -0.39 is 23.8 Å². The summed E-state index contributed by atoms with van der Waals surface area (Å²) in [4.78, 5) is 42.5. The molecule has 0 spiro atoms. The van der Waals surface area contributed by atoms with Crippen LogP contribution in [-0.2, 0) is 14.3 Å². The molecule has 0 saturated carbocycles. The molecule has 7 nitrogen and oxygen atoms in total. The zero-order valence-corrected chi connectivity index (χ0v) is 25.0. The lowest BCUT2D eigenvalue weighted by molar-refractivity contribution is -0.143. The topological polar surface area (TPSA) is 87.7 Å². The summed E-state index contributed by atoms with van der Waals surface area (Å²) in [5.41, 5.74) is 3.54. The average Bonchev–Trinajstić information content (AvgIpc) is 2.81. The van der Waals surface area contributed by atoms with Gasteiger partial charge in [0.1, 0.15) is 17.7 Å². The number of carbonyl (C=O) groups is 3. The lowest BCUT2D eigenvalue weighted by Gasteiger charge is -2.38. The van der Waals surface area contributed by atoms with E-state index in [1.807, 2.05) is 83.3 Å². The van der Waals surface area contributed by atoms with Gasteiger partial charge in [0.15, 0.2) is 0 Å². The molecule has 2 unspecified atom stereocenters. The van der Waals surface area contributed by atoms with Crippen LogP contribution in [0.2, 0.25) is 0 Å². The lowest BCUT2D eigenvalue weighted by atomic mass is 9.96. The van der Waals surface area contributed by atoms with E-state index in [1.165, 1.54) is 0 Å². The molecule has 2 atom stereocenters. The Kier molecular flexibility index (Phi) is 11.2. The van der Waals surface area contributed by atoms with Crippen molar-refractivity contribution in [1.29, 1.82) is 0 Å². The third-order valence-electron chi connectivity index (χ3n) is 6.15. The second-order valence-corrected chi connectivity index (χ2v) is 11.8. The summed E-state index contributed by atoms with van der Waals surface area (Å²) in [6.45, 7) is 14.9. The van der Waals surface area contributed by atoms with Crippen molar-refractivity contribution in [2.75, 3.05) is 17.3 Å². The molecule has 0 bridgehead atoms. The maximum atomic E-state index is 14.2. The van der Waals surface area contributed by atoms with Gasteiger partial charge in [0.2, 0.25) is 5.91 Å². The number of nitrogens with zero attached hydrogens (tertiary/aromatic N) is 1. The smallest absolute Gasteiger partial charge is 0.408 e. The third-order valence-corrected chi connectivity index (χ3v) is 6.79. The molecule has 0 aliphatic heterocycles. The monoisotopic (exact) mass is 541 g/mol. The normalized spacial score (nSPS) is 13.0. The second kappa shape index (κ2) is 13.7. The van der Waals surface area contributed by atoms with Crippen molar-refractivity contribution in [2.45, 2.75) is 85.5 Å². The highest BCUT2D eigenvalue weighted by Crippen LogP contribution is 2.30. The molecule has 2 aromatic rings. The van der Waals surface area contributed by atoms with E-state index in [1.54, 1.807) is 37.4 Å². The molecule has 0 heterocycles. The highest BCUT2D eigenvalue weighted by molar-refractivity contribution is 7.98. The van der Waals surface area contributed by atoms with Crippen LogP contribution in [-0.4, -0.2) is 52.5 Å². The Morgan fingerprint density at radius 3 is 2.05 bits per heavy atom. The van der Waals surface area contributed by atoms with Gasteiger partial charge in [0.05, 0.1) is 0 Å². The largest absolute Gasteiger partial charge is 0.444 e. The maximum Gasteiger partial charge on any atom is 0.408 e. The Morgan fingerprint density at radius 1 is 0.947 bits per heavy atom. The minimum Gasteiger partial charge on any atom is -0.444 e. The van der Waals surface area contributed by atoms with E-state index in [2.05, 4.69) is 10.6 Å². The van der Waals surface area contributed by atoms with Crippen molar-refractivity contribution in [3.05, 3.63) is 64.7 Å². The van der Waals surface area contributed by atoms with E-state index >= 15 is 0 Å². The Bertz CT molecular complexity index is 1110. The fourth-order valence-corrected chi connectivity index (χ4v) is 4.79. The third kappa shape index (κ3) is 8.51. The summed E-state index contributed by atoms with van der Waals surface area (Å²) in [6, 6.07) is 11.3. The van der Waals surface area contributed by atoms with Crippen molar-refractivity contribution in [3.63, 3.8) is 0 Å². The summed E-state index contributed by atoms with van der Waals surface area (Å²) in [5.74, 6) is 0.0198. The van der Waals surface area contributed by atoms with Crippen LogP contribution >= 0.6 is 11.8 Å². The standard InChI is InChI=1S/C30H43N3O4S/c1-19(2)33(28(35)24(17-18-38-9)31-29(36)37-30(6,7)8)26(23-16-11-10-13-20(23)3)27(34)32-25-21(4)14-12-15-22(25)5/h10-16,19,24,26H,17-18H2,1-9H3,(H,31,36)(H,32,34). The fraction of sp³-hybridized carbons (Fsp3) is 0.500. The predicted octanol–water partition coefficient (Wildman–Crippen LogP) is 6.18. The molecule has 0 aromatic heterocycles. The lowest BCUT2D eigenvalue weighted by Crippen LogP contribution is -2.54. The molecule has 0 radical (unpaired) electrons. The van der Waals surface area contributed by atoms with Crippen LogP contribution in [0, 0.1) is 20.8 Å². The number of anilines is 1. The molecule has 0 aliphatic carbocycles. The van der Waals surface area contributed by atoms with Gasteiger partial charge in [-0.3, -0.25) is 9.59 Å². The van der Waals surface area contributed by atoms with Gasteiger partial charge < -0.3 is 20.3 Å². The first kappa shape index (κ1) is 31.2. The quantitative estimate of drug-likeness (QED) is 0.375. The number of hydrogen-bond acceptors (Lipinski definition) is 5. The number of carbonyl (C=O) groups excluding carboxylic acids is 3.